The van der Waals surface area contributed by atoms with Crippen molar-refractivity contribution in [1.82, 2.24) is 9.13 Å². The standard InChI is InChI=1S/C45H36N4/c1-2-22-4-3-21(1)37-29-17-31-39-23-5-7-25(8-6-23)41(39)33-19-35-43-27-13-15-28(16-14-27)44(43)36-20-34-42-26-11-9-24(10-12-26)40(42)32-18-30(38(22)37)46(29)45(47(31)33,48(32)34)49(35)36/h1-2,5,7,9,11,13,15,17-28H,3-4,6,8,10,12,14,16H2/q+2. The van der Waals surface area contributed by atoms with Gasteiger partial charge in [-0.3, -0.25) is 0 Å². The van der Waals surface area contributed by atoms with E-state index in [1.807, 2.05) is 0 Å². The van der Waals surface area contributed by atoms with Crippen LogP contribution < -0.4 is 10.7 Å². The Kier molecular flexibility index (Phi) is 3.44. The second-order valence-corrected chi connectivity index (χ2v) is 17.6. The van der Waals surface area contributed by atoms with Crippen molar-refractivity contribution in [2.75, 3.05) is 0 Å². The zero-order valence-corrected chi connectivity index (χ0v) is 27.5. The lowest BCUT2D eigenvalue weighted by Crippen LogP contribution is -2.70. The number of aromatic nitrogens is 2. The lowest BCUT2D eigenvalue weighted by Gasteiger charge is -2.38. The van der Waals surface area contributed by atoms with E-state index >= 15 is 0 Å². The molecule has 234 valence electrons. The molecule has 9 unspecified atom stereocenters. The molecule has 1 spiro atoms. The Hall–Kier alpha value is -4.44. The fourth-order valence-electron chi connectivity index (χ4n) is 14.5. The van der Waals surface area contributed by atoms with Crippen LogP contribution >= 0.6 is 0 Å². The van der Waals surface area contributed by atoms with Crippen molar-refractivity contribution >= 4 is 29.7 Å². The van der Waals surface area contributed by atoms with E-state index in [1.165, 1.54) is 96.3 Å². The van der Waals surface area contributed by atoms with Crippen LogP contribution in [0.2, 0.25) is 0 Å². The van der Waals surface area contributed by atoms with Crippen LogP contribution in [0.5, 0.6) is 0 Å². The molecule has 8 bridgehead atoms. The van der Waals surface area contributed by atoms with Crippen molar-refractivity contribution in [3.05, 3.63) is 133 Å². The first-order valence-electron chi connectivity index (χ1n) is 19.6. The molecule has 0 saturated carbocycles. The van der Waals surface area contributed by atoms with Gasteiger partial charge in [0.05, 0.1) is 28.2 Å². The third-order valence-electron chi connectivity index (χ3n) is 16.0. The molecule has 9 atom stereocenters. The predicted octanol–water partition coefficient (Wildman–Crippen LogP) is 6.38. The number of nitrogens with zero attached hydrogens (tertiary/aromatic N) is 4. The molecule has 2 aromatic heterocycles. The van der Waals surface area contributed by atoms with Crippen molar-refractivity contribution in [1.29, 1.82) is 0 Å². The molecule has 18 aliphatic rings. The quantitative estimate of drug-likeness (QED) is 0.237. The minimum absolute atomic E-state index is 0.515. The summed E-state index contributed by atoms with van der Waals surface area (Å²) >= 11 is 0. The van der Waals surface area contributed by atoms with Gasteiger partial charge in [0.1, 0.15) is 0 Å². The summed E-state index contributed by atoms with van der Waals surface area (Å²) in [4.78, 5) is 0. The second kappa shape index (κ2) is 7.08. The lowest BCUT2D eigenvalue weighted by molar-refractivity contribution is -0.837. The maximum Gasteiger partial charge on any atom is 0.553 e. The third kappa shape index (κ3) is 2.14. The summed E-state index contributed by atoms with van der Waals surface area (Å²) in [6.45, 7) is 0. The maximum atomic E-state index is 2.93. The highest BCUT2D eigenvalue weighted by Crippen LogP contribution is 2.61. The number of hydrogen-bond donors (Lipinski definition) is 0. The molecule has 0 saturated heterocycles. The molecule has 8 heterocycles. The molecular formula is C45H36N4+2. The monoisotopic (exact) mass is 632 g/mol. The van der Waals surface area contributed by atoms with Gasteiger partial charge in [0.2, 0.25) is 22.8 Å². The van der Waals surface area contributed by atoms with E-state index in [-0.39, 0.29) is 0 Å². The SMILES string of the molecule is C1=CC2CCC1C1=C2C2=[N+]3C1=Cc1c4c(c5n1C31n3c(c6c(c3=C5)C3C=CC6CC3)=CC3=[N+]1C(=C2)C1=C3C2C=CC1CC2)C1C=CC4CC1. The second-order valence-electron chi connectivity index (χ2n) is 17.6. The molecular weight excluding hydrogens is 597 g/mol. The highest BCUT2D eigenvalue weighted by molar-refractivity contribution is 6.22. The van der Waals surface area contributed by atoms with Crippen molar-refractivity contribution < 1.29 is 9.15 Å². The Balaban J connectivity index is 1.17. The van der Waals surface area contributed by atoms with E-state index in [0.29, 0.717) is 47.3 Å². The summed E-state index contributed by atoms with van der Waals surface area (Å²) in [7, 11) is 0. The van der Waals surface area contributed by atoms with Crippen LogP contribution in [-0.2, 0) is 5.91 Å². The Bertz CT molecular complexity index is 2710. The molecule has 49 heavy (non-hydrogen) atoms. The Morgan fingerprint density at radius 2 is 0.816 bits per heavy atom. The number of allylic oxidation sites excluding steroid dienone is 13. The molecule has 20 rings (SSSR count). The summed E-state index contributed by atoms with van der Waals surface area (Å²) in [5, 5.41) is 3.03. The number of rotatable bonds is 0. The minimum atomic E-state index is -0.515. The number of fused-ring (bicyclic) bond motifs is 4. The fraction of sp³-hybridized carbons (Fsp3) is 0.378. The van der Waals surface area contributed by atoms with Crippen LogP contribution in [0.4, 0.5) is 0 Å². The zero-order valence-electron chi connectivity index (χ0n) is 27.5. The maximum absolute atomic E-state index is 2.93. The highest BCUT2D eigenvalue weighted by Gasteiger charge is 2.75. The Morgan fingerprint density at radius 1 is 0.408 bits per heavy atom. The molecule has 0 radical (unpaired) electrons. The van der Waals surface area contributed by atoms with Crippen LogP contribution in [0.3, 0.4) is 0 Å². The first-order chi connectivity index (χ1) is 24.3. The third-order valence-corrected chi connectivity index (χ3v) is 16.0. The van der Waals surface area contributed by atoms with E-state index in [0.717, 1.165) is 0 Å². The van der Waals surface area contributed by atoms with Crippen LogP contribution in [-0.4, -0.2) is 29.7 Å². The van der Waals surface area contributed by atoms with E-state index in [1.54, 1.807) is 44.5 Å². The molecule has 0 aromatic carbocycles. The van der Waals surface area contributed by atoms with Gasteiger partial charge in [-0.1, -0.05) is 57.8 Å². The zero-order chi connectivity index (χ0) is 30.8. The molecule has 4 heteroatoms. The van der Waals surface area contributed by atoms with Gasteiger partial charge >= 0.3 is 5.91 Å². The summed E-state index contributed by atoms with van der Waals surface area (Å²) in [6, 6.07) is 0. The molecule has 0 fully saturated rings. The van der Waals surface area contributed by atoms with Crippen molar-refractivity contribution in [3.8, 4) is 0 Å². The first kappa shape index (κ1) is 23.8. The van der Waals surface area contributed by atoms with Gasteiger partial charge in [-0.05, 0) is 79.7 Å². The molecule has 0 N–H and O–H groups in total. The van der Waals surface area contributed by atoms with E-state index in [2.05, 4.69) is 91.2 Å². The summed E-state index contributed by atoms with van der Waals surface area (Å²) in [6.07, 6.45) is 41.8. The molecule has 0 amide bonds. The largest absolute Gasteiger partial charge is 0.553 e. The minimum Gasteiger partial charge on any atom is -0.199 e. The topological polar surface area (TPSA) is 15.9 Å². The van der Waals surface area contributed by atoms with Gasteiger partial charge in [0.15, 0.2) is 0 Å². The smallest absolute Gasteiger partial charge is 0.199 e. The average molecular weight is 633 g/mol. The molecule has 2 aromatic rings. The normalized spacial score (nSPS) is 40.4. The highest BCUT2D eigenvalue weighted by atomic mass is 15.6. The van der Waals surface area contributed by atoms with Crippen LogP contribution in [0.15, 0.2) is 88.4 Å². The van der Waals surface area contributed by atoms with Gasteiger partial charge in [0.25, 0.3) is 0 Å². The van der Waals surface area contributed by atoms with Gasteiger partial charge < -0.3 is 0 Å². The van der Waals surface area contributed by atoms with Crippen LogP contribution in [0.25, 0.3) is 18.2 Å². The number of hydrogen-bond acceptors (Lipinski definition) is 0. The predicted molar refractivity (Wildman–Crippen MR) is 189 cm³/mol. The Labute approximate surface area is 284 Å². The van der Waals surface area contributed by atoms with Gasteiger partial charge in [-0.2, -0.15) is 9.13 Å². The molecule has 4 nitrogen and oxygen atoms in total. The van der Waals surface area contributed by atoms with Crippen molar-refractivity contribution in [3.63, 3.8) is 0 Å². The van der Waals surface area contributed by atoms with E-state index < -0.39 is 5.91 Å². The summed E-state index contributed by atoms with van der Waals surface area (Å²) in [5.41, 5.74) is 22.4. The van der Waals surface area contributed by atoms with Crippen LogP contribution in [0.1, 0.15) is 109 Å². The van der Waals surface area contributed by atoms with E-state index in [9.17, 15) is 0 Å². The molecule has 12 aliphatic carbocycles. The van der Waals surface area contributed by atoms with E-state index in [4.69, 9.17) is 0 Å². The summed E-state index contributed by atoms with van der Waals surface area (Å²) in [5.74, 6) is 3.68. The van der Waals surface area contributed by atoms with Crippen LogP contribution in [0, 0.1) is 23.7 Å². The fourth-order valence-corrected chi connectivity index (χ4v) is 14.5. The van der Waals surface area contributed by atoms with Crippen molar-refractivity contribution in [2.24, 2.45) is 23.7 Å². The average Bonchev–Trinajstić information content (AvgIpc) is 3.92. The van der Waals surface area contributed by atoms with Gasteiger partial charge in [-0.25, -0.2) is 0 Å². The van der Waals surface area contributed by atoms with Gasteiger partial charge in [0, 0.05) is 81.8 Å². The Morgan fingerprint density at radius 3 is 1.35 bits per heavy atom. The van der Waals surface area contributed by atoms with Gasteiger partial charge in [-0.15, -0.1) is 0 Å². The summed E-state index contributed by atoms with van der Waals surface area (Å²) < 4.78 is 11.7. The van der Waals surface area contributed by atoms with Crippen molar-refractivity contribution in [2.45, 2.75) is 80.9 Å². The lowest BCUT2D eigenvalue weighted by atomic mass is 9.69. The first-order valence-corrected chi connectivity index (χ1v) is 19.6. The molecule has 6 aliphatic heterocycles.